The molecule has 11 heteroatoms. The number of rotatable bonds is 6. The van der Waals surface area contributed by atoms with E-state index in [-0.39, 0.29) is 39.2 Å². The monoisotopic (exact) mass is 574 g/mol. The third-order valence-corrected chi connectivity index (χ3v) is 11.3. The van der Waals surface area contributed by atoms with E-state index < -0.39 is 30.7 Å². The van der Waals surface area contributed by atoms with Crippen LogP contribution in [0.2, 0.25) is 5.02 Å². The summed E-state index contributed by atoms with van der Waals surface area (Å²) < 4.78 is 59.1. The smallest absolute Gasteiger partial charge is 0.257 e. The van der Waals surface area contributed by atoms with Gasteiger partial charge < -0.3 is 14.5 Å². The van der Waals surface area contributed by atoms with Crippen molar-refractivity contribution in [1.29, 1.82) is 0 Å². The maximum Gasteiger partial charge on any atom is 0.257 e. The summed E-state index contributed by atoms with van der Waals surface area (Å²) in [5, 5.41) is -0.743. The molecule has 0 saturated carbocycles. The lowest BCUT2D eigenvalue weighted by Gasteiger charge is -2.36. The fraction of sp³-hybridized carbons (Fsp3) is 0.296. The van der Waals surface area contributed by atoms with Gasteiger partial charge in [-0.05, 0) is 43.3 Å². The fourth-order valence-corrected chi connectivity index (χ4v) is 9.63. The van der Waals surface area contributed by atoms with Gasteiger partial charge in [-0.2, -0.15) is 0 Å². The molecule has 1 saturated heterocycles. The molecule has 2 aliphatic rings. The summed E-state index contributed by atoms with van der Waals surface area (Å²) in [5.74, 6) is -0.919. The van der Waals surface area contributed by atoms with Gasteiger partial charge in [-0.3, -0.25) is 4.79 Å². The van der Waals surface area contributed by atoms with Crippen molar-refractivity contribution in [3.63, 3.8) is 0 Å². The molecular formula is C27H27ClN2O6S2. The number of nitrogens with zero attached hydrogens (tertiary/aromatic N) is 2. The van der Waals surface area contributed by atoms with Gasteiger partial charge in [0.2, 0.25) is 0 Å². The number of amides is 1. The zero-order valence-electron chi connectivity index (χ0n) is 20.7. The van der Waals surface area contributed by atoms with Crippen molar-refractivity contribution in [2.75, 3.05) is 43.4 Å². The second-order valence-corrected chi connectivity index (χ2v) is 13.7. The minimum atomic E-state index is -4.08. The molecule has 1 fully saturated rings. The van der Waals surface area contributed by atoms with Crippen LogP contribution in [0.1, 0.15) is 28.1 Å². The Labute approximate surface area is 227 Å². The molecule has 0 radical (unpaired) electrons. The molecule has 1 amide bonds. The maximum absolute atomic E-state index is 13.7. The van der Waals surface area contributed by atoms with Crippen LogP contribution in [0.15, 0.2) is 76.5 Å². The van der Waals surface area contributed by atoms with Gasteiger partial charge in [-0.25, -0.2) is 16.8 Å². The van der Waals surface area contributed by atoms with E-state index in [0.717, 1.165) is 5.69 Å². The SMILES string of the molecule is CCOc1c(C(=O)N2CCN(c3ccccc3Cl)CC2)ccc2c1C(S(=O)(=O)c1ccccc1)CS2(=O)=O. The summed E-state index contributed by atoms with van der Waals surface area (Å²) in [6.07, 6.45) is 0. The molecule has 2 heterocycles. The van der Waals surface area contributed by atoms with Gasteiger partial charge in [0.1, 0.15) is 11.0 Å². The van der Waals surface area contributed by atoms with Crippen LogP contribution >= 0.6 is 11.6 Å². The Morgan fingerprint density at radius 3 is 2.29 bits per heavy atom. The predicted molar refractivity (Wildman–Crippen MR) is 146 cm³/mol. The first-order valence-electron chi connectivity index (χ1n) is 12.3. The first-order chi connectivity index (χ1) is 18.1. The molecule has 38 heavy (non-hydrogen) atoms. The molecular weight excluding hydrogens is 548 g/mol. The number of sulfone groups is 2. The number of ether oxygens (including phenoxy) is 1. The Balaban J connectivity index is 1.51. The molecule has 200 valence electrons. The van der Waals surface area contributed by atoms with E-state index in [4.69, 9.17) is 16.3 Å². The number of carbonyl (C=O) groups excluding carboxylic acids is 1. The number of para-hydroxylation sites is 1. The Hall–Kier alpha value is -3.08. The molecule has 0 bridgehead atoms. The van der Waals surface area contributed by atoms with Gasteiger partial charge >= 0.3 is 0 Å². The highest BCUT2D eigenvalue weighted by Crippen LogP contribution is 2.47. The number of carbonyl (C=O) groups is 1. The van der Waals surface area contributed by atoms with Crippen molar-refractivity contribution in [3.05, 3.63) is 82.9 Å². The highest BCUT2D eigenvalue weighted by Gasteiger charge is 2.46. The van der Waals surface area contributed by atoms with Crippen LogP contribution in [0, 0.1) is 0 Å². The van der Waals surface area contributed by atoms with Crippen LogP contribution in [0.5, 0.6) is 5.75 Å². The quantitative estimate of drug-likeness (QED) is 0.438. The highest BCUT2D eigenvalue weighted by molar-refractivity contribution is 7.96. The first-order valence-corrected chi connectivity index (χ1v) is 15.8. The second-order valence-electron chi connectivity index (χ2n) is 9.15. The Kier molecular flexibility index (Phi) is 7.15. The fourth-order valence-electron chi connectivity index (χ4n) is 5.05. The zero-order chi connectivity index (χ0) is 27.1. The van der Waals surface area contributed by atoms with Crippen LogP contribution in [0.4, 0.5) is 5.69 Å². The predicted octanol–water partition coefficient (Wildman–Crippen LogP) is 4.00. The van der Waals surface area contributed by atoms with Crippen molar-refractivity contribution < 1.29 is 26.4 Å². The number of benzene rings is 3. The Bertz CT molecular complexity index is 1580. The lowest BCUT2D eigenvalue weighted by atomic mass is 10.0. The van der Waals surface area contributed by atoms with E-state index in [0.29, 0.717) is 31.2 Å². The Morgan fingerprint density at radius 1 is 0.974 bits per heavy atom. The minimum absolute atomic E-state index is 0.0166. The van der Waals surface area contributed by atoms with Gasteiger partial charge in [0, 0.05) is 31.7 Å². The molecule has 1 unspecified atom stereocenters. The van der Waals surface area contributed by atoms with E-state index in [1.807, 2.05) is 24.3 Å². The lowest BCUT2D eigenvalue weighted by Crippen LogP contribution is -2.49. The molecule has 3 aromatic rings. The standard InChI is InChI=1S/C27H27ClN2O6S2/c1-2-36-26-20(27(31)30-16-14-29(15-17-30)22-11-7-6-10-21(22)28)12-13-23-25(26)24(18-37(23,32)33)38(34,35)19-8-4-3-5-9-19/h3-13,24H,2,14-18H2,1H3. The average molecular weight is 575 g/mol. The topological polar surface area (TPSA) is 101 Å². The number of piperazine rings is 1. The van der Waals surface area contributed by atoms with Gasteiger partial charge in [0.15, 0.2) is 19.7 Å². The molecule has 3 aromatic carbocycles. The summed E-state index contributed by atoms with van der Waals surface area (Å²) in [4.78, 5) is 17.4. The van der Waals surface area contributed by atoms with Crippen molar-refractivity contribution in [3.8, 4) is 5.75 Å². The van der Waals surface area contributed by atoms with Crippen molar-refractivity contribution in [2.24, 2.45) is 0 Å². The number of anilines is 1. The van der Waals surface area contributed by atoms with Crippen LogP contribution in [-0.2, 0) is 19.7 Å². The second kappa shape index (κ2) is 10.2. The van der Waals surface area contributed by atoms with E-state index in [2.05, 4.69) is 4.90 Å². The van der Waals surface area contributed by atoms with Crippen molar-refractivity contribution in [1.82, 2.24) is 4.90 Å². The molecule has 0 N–H and O–H groups in total. The molecule has 2 aliphatic heterocycles. The van der Waals surface area contributed by atoms with Gasteiger partial charge in [0.25, 0.3) is 5.91 Å². The first kappa shape index (κ1) is 26.5. The number of hydrogen-bond acceptors (Lipinski definition) is 7. The molecule has 5 rings (SSSR count). The number of halogens is 1. The number of fused-ring (bicyclic) bond motifs is 1. The molecule has 0 spiro atoms. The highest BCUT2D eigenvalue weighted by atomic mass is 35.5. The molecule has 8 nitrogen and oxygen atoms in total. The van der Waals surface area contributed by atoms with Gasteiger partial charge in [0.05, 0.1) is 38.4 Å². The Morgan fingerprint density at radius 2 is 1.63 bits per heavy atom. The molecule has 1 atom stereocenters. The van der Waals surface area contributed by atoms with E-state index in [1.54, 1.807) is 30.0 Å². The molecule has 0 aliphatic carbocycles. The largest absolute Gasteiger partial charge is 0.493 e. The van der Waals surface area contributed by atoms with Crippen LogP contribution in [0.25, 0.3) is 0 Å². The van der Waals surface area contributed by atoms with E-state index in [9.17, 15) is 21.6 Å². The minimum Gasteiger partial charge on any atom is -0.493 e. The summed E-state index contributed by atoms with van der Waals surface area (Å²) in [6.45, 7) is 3.79. The average Bonchev–Trinajstić information content (AvgIpc) is 3.21. The van der Waals surface area contributed by atoms with Gasteiger partial charge in [-0.1, -0.05) is 41.9 Å². The van der Waals surface area contributed by atoms with Gasteiger partial charge in [-0.15, -0.1) is 0 Å². The van der Waals surface area contributed by atoms with E-state index >= 15 is 0 Å². The third-order valence-electron chi connectivity index (χ3n) is 6.91. The normalized spacial score (nSPS) is 18.7. The summed E-state index contributed by atoms with van der Waals surface area (Å²) in [7, 11) is -7.98. The zero-order valence-corrected chi connectivity index (χ0v) is 23.1. The third kappa shape index (κ3) is 4.65. The van der Waals surface area contributed by atoms with Crippen molar-refractivity contribution in [2.45, 2.75) is 22.0 Å². The summed E-state index contributed by atoms with van der Waals surface area (Å²) in [6, 6.07) is 18.0. The van der Waals surface area contributed by atoms with E-state index in [1.165, 1.54) is 24.3 Å². The van der Waals surface area contributed by atoms with Crippen LogP contribution in [0.3, 0.4) is 0 Å². The summed E-state index contributed by atoms with van der Waals surface area (Å²) in [5.41, 5.74) is 1.09. The van der Waals surface area contributed by atoms with Crippen LogP contribution < -0.4 is 9.64 Å². The maximum atomic E-state index is 13.7. The summed E-state index contributed by atoms with van der Waals surface area (Å²) >= 11 is 6.34. The lowest BCUT2D eigenvalue weighted by molar-refractivity contribution is 0.0742. The van der Waals surface area contributed by atoms with Crippen molar-refractivity contribution >= 4 is 42.9 Å². The van der Waals surface area contributed by atoms with Crippen LogP contribution in [-0.4, -0.2) is 66.2 Å². The molecule has 0 aromatic heterocycles. The number of hydrogen-bond donors (Lipinski definition) is 0.